The van der Waals surface area contributed by atoms with Crippen molar-refractivity contribution in [3.05, 3.63) is 99.2 Å². The van der Waals surface area contributed by atoms with Crippen LogP contribution in [0.4, 0.5) is 17.1 Å². The van der Waals surface area contributed by atoms with E-state index in [0.717, 1.165) is 16.0 Å². The van der Waals surface area contributed by atoms with E-state index in [1.165, 1.54) is 24.3 Å². The number of nitrogens with one attached hydrogen (secondary N) is 1. The first-order valence-corrected chi connectivity index (χ1v) is 10.2. The third kappa shape index (κ3) is 4.06. The fourth-order valence-corrected chi connectivity index (χ4v) is 3.66. The molecular formula is C25H21N3O5. The zero-order chi connectivity index (χ0) is 23.7. The molecule has 1 N–H and O–H groups in total. The van der Waals surface area contributed by atoms with E-state index in [2.05, 4.69) is 5.32 Å². The molecule has 0 fully saturated rings. The Kier molecular flexibility index (Phi) is 5.66. The largest absolute Gasteiger partial charge is 0.497 e. The van der Waals surface area contributed by atoms with Crippen LogP contribution < -0.4 is 15.0 Å². The molecule has 0 spiro atoms. The molecule has 0 atom stereocenters. The number of hydrogen-bond donors (Lipinski definition) is 1. The lowest BCUT2D eigenvalue weighted by molar-refractivity contribution is -0.384. The Morgan fingerprint density at radius 2 is 1.58 bits per heavy atom. The molecule has 0 aliphatic carbocycles. The lowest BCUT2D eigenvalue weighted by Gasteiger charge is -2.18. The van der Waals surface area contributed by atoms with Gasteiger partial charge in [-0.05, 0) is 73.0 Å². The van der Waals surface area contributed by atoms with Crippen molar-refractivity contribution in [1.29, 1.82) is 0 Å². The maximum absolute atomic E-state index is 13.6. The molecule has 0 saturated carbocycles. The van der Waals surface area contributed by atoms with Gasteiger partial charge in [-0.1, -0.05) is 12.1 Å². The van der Waals surface area contributed by atoms with Gasteiger partial charge in [-0.2, -0.15) is 0 Å². The molecule has 1 aliphatic rings. The number of nitro benzene ring substituents is 1. The fraction of sp³-hybridized carbons (Fsp3) is 0.120. The molecule has 166 valence electrons. The molecule has 1 heterocycles. The van der Waals surface area contributed by atoms with Gasteiger partial charge in [0.25, 0.3) is 17.5 Å². The summed E-state index contributed by atoms with van der Waals surface area (Å²) < 4.78 is 5.17. The molecule has 8 heteroatoms. The third-order valence-corrected chi connectivity index (χ3v) is 5.42. The summed E-state index contributed by atoms with van der Waals surface area (Å²) in [5, 5.41) is 14.1. The zero-order valence-electron chi connectivity index (χ0n) is 18.3. The summed E-state index contributed by atoms with van der Waals surface area (Å²) in [4.78, 5) is 38.8. The number of non-ortho nitro benzene ring substituents is 1. The van der Waals surface area contributed by atoms with Gasteiger partial charge in [0.15, 0.2) is 0 Å². The van der Waals surface area contributed by atoms with Crippen molar-refractivity contribution in [2.45, 2.75) is 13.8 Å². The van der Waals surface area contributed by atoms with E-state index in [1.807, 2.05) is 26.0 Å². The number of aryl methyl sites for hydroxylation is 2. The normalized spacial score (nSPS) is 13.5. The van der Waals surface area contributed by atoms with Gasteiger partial charge in [-0.15, -0.1) is 0 Å². The Morgan fingerprint density at radius 1 is 0.909 bits per heavy atom. The standard InChI is InChI=1S/C25H21N3O5/c1-15-4-5-16(2)21(14-15)27-24(29)22(17-6-10-19(11-7-17)28(31)32)23(25(27)30)26-18-8-12-20(33-3)13-9-18/h4-14,26H,1-3H3. The molecule has 0 radical (unpaired) electrons. The van der Waals surface area contributed by atoms with E-state index < -0.39 is 16.7 Å². The second-order valence-corrected chi connectivity index (χ2v) is 7.64. The third-order valence-electron chi connectivity index (χ3n) is 5.42. The van der Waals surface area contributed by atoms with Crippen LogP contribution in [-0.2, 0) is 9.59 Å². The van der Waals surface area contributed by atoms with Crippen molar-refractivity contribution in [3.8, 4) is 5.75 Å². The van der Waals surface area contributed by atoms with E-state index in [9.17, 15) is 19.7 Å². The maximum atomic E-state index is 13.6. The van der Waals surface area contributed by atoms with Gasteiger partial charge in [-0.25, -0.2) is 4.90 Å². The van der Waals surface area contributed by atoms with Gasteiger partial charge >= 0.3 is 0 Å². The smallest absolute Gasteiger partial charge is 0.282 e. The highest BCUT2D eigenvalue weighted by Crippen LogP contribution is 2.36. The molecule has 33 heavy (non-hydrogen) atoms. The Hall–Kier alpha value is -4.46. The zero-order valence-corrected chi connectivity index (χ0v) is 18.3. The first kappa shape index (κ1) is 21.8. The molecule has 0 unspecified atom stereocenters. The van der Waals surface area contributed by atoms with Crippen molar-refractivity contribution in [2.24, 2.45) is 0 Å². The van der Waals surface area contributed by atoms with Crippen molar-refractivity contribution in [3.63, 3.8) is 0 Å². The predicted octanol–water partition coefficient (Wildman–Crippen LogP) is 4.62. The molecule has 0 saturated heterocycles. The lowest BCUT2D eigenvalue weighted by Crippen LogP contribution is -2.33. The highest BCUT2D eigenvalue weighted by atomic mass is 16.6. The Labute approximate surface area is 190 Å². The van der Waals surface area contributed by atoms with Crippen molar-refractivity contribution < 1.29 is 19.2 Å². The van der Waals surface area contributed by atoms with Crippen LogP contribution in [0.3, 0.4) is 0 Å². The number of carbonyl (C=O) groups excluding carboxylic acids is 2. The van der Waals surface area contributed by atoms with Crippen molar-refractivity contribution in [2.75, 3.05) is 17.3 Å². The molecule has 2 amide bonds. The number of anilines is 2. The minimum atomic E-state index is -0.515. The number of benzene rings is 3. The average Bonchev–Trinajstić information content (AvgIpc) is 3.05. The SMILES string of the molecule is COc1ccc(NC2=C(c3ccc([N+](=O)[O-])cc3)C(=O)N(c3cc(C)ccc3C)C2=O)cc1. The summed E-state index contributed by atoms with van der Waals surface area (Å²) >= 11 is 0. The first-order chi connectivity index (χ1) is 15.8. The Balaban J connectivity index is 1.82. The summed E-state index contributed by atoms with van der Waals surface area (Å²) in [6, 6.07) is 18.1. The minimum absolute atomic E-state index is 0.0972. The number of rotatable bonds is 6. The van der Waals surface area contributed by atoms with Crippen LogP contribution in [0.1, 0.15) is 16.7 Å². The minimum Gasteiger partial charge on any atom is -0.497 e. The molecular weight excluding hydrogens is 422 g/mol. The predicted molar refractivity (Wildman–Crippen MR) is 125 cm³/mol. The molecule has 3 aromatic rings. The number of nitrogens with zero attached hydrogens (tertiary/aromatic N) is 2. The topological polar surface area (TPSA) is 102 Å². The van der Waals surface area contributed by atoms with Gasteiger partial charge in [0, 0.05) is 17.8 Å². The molecule has 1 aliphatic heterocycles. The number of hydrogen-bond acceptors (Lipinski definition) is 6. The fourth-order valence-electron chi connectivity index (χ4n) is 3.66. The summed E-state index contributed by atoms with van der Waals surface area (Å²) in [6.45, 7) is 3.71. The number of amides is 2. The summed E-state index contributed by atoms with van der Waals surface area (Å²) in [7, 11) is 1.55. The monoisotopic (exact) mass is 443 g/mol. The summed E-state index contributed by atoms with van der Waals surface area (Å²) in [6.07, 6.45) is 0. The van der Waals surface area contributed by atoms with Crippen molar-refractivity contribution in [1.82, 2.24) is 0 Å². The van der Waals surface area contributed by atoms with Crippen LogP contribution in [0.25, 0.3) is 5.57 Å². The quantitative estimate of drug-likeness (QED) is 0.339. The van der Waals surface area contributed by atoms with E-state index in [0.29, 0.717) is 22.7 Å². The number of imide groups is 1. The van der Waals surface area contributed by atoms with Crippen LogP contribution in [0, 0.1) is 24.0 Å². The van der Waals surface area contributed by atoms with E-state index >= 15 is 0 Å². The summed E-state index contributed by atoms with van der Waals surface area (Å²) in [5.41, 5.74) is 3.31. The first-order valence-electron chi connectivity index (χ1n) is 10.2. The second kappa shape index (κ2) is 8.58. The van der Waals surface area contributed by atoms with Crippen LogP contribution in [0.5, 0.6) is 5.75 Å². The van der Waals surface area contributed by atoms with Crippen LogP contribution >= 0.6 is 0 Å². The van der Waals surface area contributed by atoms with E-state index in [4.69, 9.17) is 4.74 Å². The summed E-state index contributed by atoms with van der Waals surface area (Å²) in [5.74, 6) is -0.354. The van der Waals surface area contributed by atoms with Gasteiger partial charge in [0.2, 0.25) is 0 Å². The number of nitro groups is 1. The Morgan fingerprint density at radius 3 is 2.18 bits per heavy atom. The molecule has 8 nitrogen and oxygen atoms in total. The van der Waals surface area contributed by atoms with Crippen LogP contribution in [0.2, 0.25) is 0 Å². The van der Waals surface area contributed by atoms with Gasteiger partial charge in [-0.3, -0.25) is 19.7 Å². The van der Waals surface area contributed by atoms with E-state index in [1.54, 1.807) is 37.4 Å². The second-order valence-electron chi connectivity index (χ2n) is 7.64. The highest BCUT2D eigenvalue weighted by Gasteiger charge is 2.41. The molecule has 0 aromatic heterocycles. The maximum Gasteiger partial charge on any atom is 0.282 e. The number of carbonyl (C=O) groups is 2. The molecule has 0 bridgehead atoms. The van der Waals surface area contributed by atoms with Crippen molar-refractivity contribution >= 4 is 34.4 Å². The molecule has 3 aromatic carbocycles. The molecule has 4 rings (SSSR count). The van der Waals surface area contributed by atoms with Gasteiger partial charge in [0.05, 0.1) is 23.3 Å². The van der Waals surface area contributed by atoms with Crippen LogP contribution in [0.15, 0.2) is 72.4 Å². The number of methoxy groups -OCH3 is 1. The lowest BCUT2D eigenvalue weighted by atomic mass is 10.0. The Bertz CT molecular complexity index is 1290. The number of ether oxygens (including phenoxy) is 1. The van der Waals surface area contributed by atoms with Gasteiger partial charge < -0.3 is 10.1 Å². The van der Waals surface area contributed by atoms with Crippen LogP contribution in [-0.4, -0.2) is 23.8 Å². The average molecular weight is 443 g/mol. The van der Waals surface area contributed by atoms with E-state index in [-0.39, 0.29) is 17.0 Å². The highest BCUT2D eigenvalue weighted by molar-refractivity contribution is 6.46. The van der Waals surface area contributed by atoms with Gasteiger partial charge in [0.1, 0.15) is 11.4 Å².